The molecule has 1 fully saturated rings. The smallest absolute Gasteiger partial charge is 0.355 e. The first-order valence-corrected chi connectivity index (χ1v) is 9.18. The standard InChI is InChI=1S/C12H19N3O4S2/c1-9(11-13-10(8-20-11)12(16)17)14-21(18,19)15-6-4-2-3-5-7-15/h8-9,14H,2-7H2,1H3,(H,16,17). The molecule has 0 radical (unpaired) electrons. The van der Waals surface area contributed by atoms with Gasteiger partial charge in [-0.2, -0.15) is 17.4 Å². The van der Waals surface area contributed by atoms with Crippen molar-refractivity contribution in [3.05, 3.63) is 16.1 Å². The van der Waals surface area contributed by atoms with E-state index in [1.54, 1.807) is 6.92 Å². The summed E-state index contributed by atoms with van der Waals surface area (Å²) in [5.74, 6) is -1.11. The largest absolute Gasteiger partial charge is 0.476 e. The quantitative estimate of drug-likeness (QED) is 0.853. The Hall–Kier alpha value is -1.03. The van der Waals surface area contributed by atoms with Gasteiger partial charge in [-0.15, -0.1) is 11.3 Å². The third-order valence-corrected chi connectivity index (χ3v) is 6.07. The maximum Gasteiger partial charge on any atom is 0.355 e. The molecule has 1 aliphatic heterocycles. The predicted molar refractivity (Wildman–Crippen MR) is 79.6 cm³/mol. The molecule has 0 aromatic carbocycles. The van der Waals surface area contributed by atoms with Gasteiger partial charge in [0.25, 0.3) is 10.2 Å². The minimum absolute atomic E-state index is 0.0594. The number of thiazole rings is 1. The molecule has 9 heteroatoms. The van der Waals surface area contributed by atoms with Crippen LogP contribution < -0.4 is 4.72 Å². The number of nitrogens with zero attached hydrogens (tertiary/aromatic N) is 2. The van der Waals surface area contributed by atoms with Crippen LogP contribution >= 0.6 is 11.3 Å². The van der Waals surface area contributed by atoms with E-state index in [0.717, 1.165) is 37.0 Å². The molecule has 1 saturated heterocycles. The van der Waals surface area contributed by atoms with Crippen molar-refractivity contribution in [1.29, 1.82) is 0 Å². The van der Waals surface area contributed by atoms with Crippen LogP contribution in [0.4, 0.5) is 0 Å². The van der Waals surface area contributed by atoms with E-state index in [9.17, 15) is 13.2 Å². The third-order valence-electron chi connectivity index (χ3n) is 3.34. The molecule has 0 aliphatic carbocycles. The number of carboxylic acid groups (broad SMARTS) is 1. The van der Waals surface area contributed by atoms with Crippen LogP contribution in [0.2, 0.25) is 0 Å². The molecule has 118 valence electrons. The molecule has 2 N–H and O–H groups in total. The Morgan fingerprint density at radius 3 is 2.52 bits per heavy atom. The Kier molecular flexibility index (Phi) is 5.31. The molecule has 21 heavy (non-hydrogen) atoms. The lowest BCUT2D eigenvalue weighted by Crippen LogP contribution is -2.42. The average Bonchev–Trinajstić information content (AvgIpc) is 2.74. The lowest BCUT2D eigenvalue weighted by atomic mass is 10.2. The first kappa shape index (κ1) is 16.3. The Bertz CT molecular complexity index is 591. The van der Waals surface area contributed by atoms with Gasteiger partial charge in [-0.05, 0) is 19.8 Å². The summed E-state index contributed by atoms with van der Waals surface area (Å²) >= 11 is 1.14. The number of hydrogen-bond donors (Lipinski definition) is 2. The van der Waals surface area contributed by atoms with Crippen molar-refractivity contribution in [3.63, 3.8) is 0 Å². The Morgan fingerprint density at radius 2 is 2.00 bits per heavy atom. The maximum absolute atomic E-state index is 12.3. The normalized spacial score (nSPS) is 19.1. The van der Waals surface area contributed by atoms with E-state index in [2.05, 4.69) is 9.71 Å². The molecule has 0 saturated carbocycles. The summed E-state index contributed by atoms with van der Waals surface area (Å²) in [6, 6.07) is -0.545. The van der Waals surface area contributed by atoms with E-state index in [0.29, 0.717) is 18.1 Å². The predicted octanol–water partition coefficient (Wildman–Crippen LogP) is 1.61. The molecule has 0 spiro atoms. The summed E-state index contributed by atoms with van der Waals surface area (Å²) in [4.78, 5) is 14.7. The number of aromatic nitrogens is 1. The van der Waals surface area contributed by atoms with Crippen LogP contribution in [0.5, 0.6) is 0 Å². The van der Waals surface area contributed by atoms with Crippen LogP contribution in [0.25, 0.3) is 0 Å². The van der Waals surface area contributed by atoms with Crippen molar-refractivity contribution in [2.24, 2.45) is 0 Å². The molecule has 1 unspecified atom stereocenters. The molecule has 2 rings (SSSR count). The molecule has 1 atom stereocenters. The Morgan fingerprint density at radius 1 is 1.38 bits per heavy atom. The lowest BCUT2D eigenvalue weighted by Gasteiger charge is -2.22. The van der Waals surface area contributed by atoms with E-state index in [1.165, 1.54) is 9.69 Å². The van der Waals surface area contributed by atoms with Crippen molar-refractivity contribution in [1.82, 2.24) is 14.0 Å². The summed E-state index contributed by atoms with van der Waals surface area (Å²) in [6.45, 7) is 2.72. The summed E-state index contributed by atoms with van der Waals surface area (Å²) < 4.78 is 28.7. The highest BCUT2D eigenvalue weighted by molar-refractivity contribution is 7.87. The van der Waals surface area contributed by atoms with Crippen molar-refractivity contribution < 1.29 is 18.3 Å². The van der Waals surface area contributed by atoms with Gasteiger partial charge in [-0.25, -0.2) is 9.78 Å². The van der Waals surface area contributed by atoms with Crippen LogP contribution in [-0.2, 0) is 10.2 Å². The monoisotopic (exact) mass is 333 g/mol. The van der Waals surface area contributed by atoms with Gasteiger partial charge >= 0.3 is 5.97 Å². The minimum atomic E-state index is -3.56. The van der Waals surface area contributed by atoms with Crippen LogP contribution in [0, 0.1) is 0 Å². The zero-order valence-electron chi connectivity index (χ0n) is 11.8. The zero-order valence-corrected chi connectivity index (χ0v) is 13.4. The lowest BCUT2D eigenvalue weighted by molar-refractivity contribution is 0.0691. The zero-order chi connectivity index (χ0) is 15.5. The van der Waals surface area contributed by atoms with E-state index >= 15 is 0 Å². The van der Waals surface area contributed by atoms with Crippen molar-refractivity contribution in [2.75, 3.05) is 13.1 Å². The van der Waals surface area contributed by atoms with Gasteiger partial charge in [0.05, 0.1) is 6.04 Å². The Balaban J connectivity index is 2.05. The van der Waals surface area contributed by atoms with Crippen LogP contribution in [0.1, 0.15) is 54.1 Å². The SMILES string of the molecule is CC(NS(=O)(=O)N1CCCCCC1)c1nc(C(=O)O)cs1. The van der Waals surface area contributed by atoms with E-state index in [4.69, 9.17) is 5.11 Å². The van der Waals surface area contributed by atoms with Gasteiger partial charge in [0.1, 0.15) is 5.01 Å². The van der Waals surface area contributed by atoms with E-state index in [1.807, 2.05) is 0 Å². The fourth-order valence-corrected chi connectivity index (χ4v) is 4.54. The van der Waals surface area contributed by atoms with Crippen LogP contribution in [0.3, 0.4) is 0 Å². The fraction of sp³-hybridized carbons (Fsp3) is 0.667. The summed E-state index contributed by atoms with van der Waals surface area (Å²) in [7, 11) is -3.56. The first-order valence-electron chi connectivity index (χ1n) is 6.86. The highest BCUT2D eigenvalue weighted by atomic mass is 32.2. The fourth-order valence-electron chi connectivity index (χ4n) is 2.22. The molecule has 2 heterocycles. The third kappa shape index (κ3) is 4.22. The molecule has 0 bridgehead atoms. The minimum Gasteiger partial charge on any atom is -0.476 e. The average molecular weight is 333 g/mol. The van der Waals surface area contributed by atoms with Gasteiger partial charge in [0, 0.05) is 18.5 Å². The highest BCUT2D eigenvalue weighted by Gasteiger charge is 2.26. The molecule has 1 aromatic heterocycles. The second-order valence-electron chi connectivity index (χ2n) is 5.03. The number of carboxylic acids is 1. The number of hydrogen-bond acceptors (Lipinski definition) is 5. The van der Waals surface area contributed by atoms with E-state index in [-0.39, 0.29) is 5.69 Å². The van der Waals surface area contributed by atoms with E-state index < -0.39 is 22.2 Å². The molecule has 1 aromatic rings. The second kappa shape index (κ2) is 6.82. The van der Waals surface area contributed by atoms with Gasteiger partial charge in [-0.1, -0.05) is 12.8 Å². The number of nitrogens with one attached hydrogen (secondary N) is 1. The number of aromatic carboxylic acids is 1. The highest BCUT2D eigenvalue weighted by Crippen LogP contribution is 2.20. The molecular formula is C12H19N3O4S2. The second-order valence-corrected chi connectivity index (χ2v) is 7.63. The van der Waals surface area contributed by atoms with Crippen molar-refractivity contribution in [2.45, 2.75) is 38.6 Å². The van der Waals surface area contributed by atoms with Gasteiger partial charge < -0.3 is 5.11 Å². The van der Waals surface area contributed by atoms with Gasteiger partial charge in [0.15, 0.2) is 5.69 Å². The summed E-state index contributed by atoms with van der Waals surface area (Å²) in [5, 5.41) is 10.7. The van der Waals surface area contributed by atoms with Gasteiger partial charge in [-0.3, -0.25) is 0 Å². The Labute approximate surface area is 128 Å². The van der Waals surface area contributed by atoms with Crippen molar-refractivity contribution >= 4 is 27.5 Å². The molecule has 7 nitrogen and oxygen atoms in total. The van der Waals surface area contributed by atoms with Crippen molar-refractivity contribution in [3.8, 4) is 0 Å². The summed E-state index contributed by atoms with van der Waals surface area (Å²) in [6.07, 6.45) is 3.84. The first-order chi connectivity index (χ1) is 9.90. The molecular weight excluding hydrogens is 314 g/mol. The topological polar surface area (TPSA) is 99.6 Å². The maximum atomic E-state index is 12.3. The van der Waals surface area contributed by atoms with Crippen LogP contribution in [-0.4, -0.2) is 41.9 Å². The molecule has 1 aliphatic rings. The van der Waals surface area contributed by atoms with Gasteiger partial charge in [0.2, 0.25) is 0 Å². The summed E-state index contributed by atoms with van der Waals surface area (Å²) in [5.41, 5.74) is -0.0594. The van der Waals surface area contributed by atoms with Crippen LogP contribution in [0.15, 0.2) is 5.38 Å². The number of carbonyl (C=O) groups is 1. The number of rotatable bonds is 5. The molecule has 0 amide bonds.